The van der Waals surface area contributed by atoms with Crippen LogP contribution in [0, 0.1) is 12.8 Å². The zero-order valence-corrected chi connectivity index (χ0v) is 18.5. The molecule has 1 saturated heterocycles. The van der Waals surface area contributed by atoms with Crippen molar-refractivity contribution in [3.63, 3.8) is 0 Å². The van der Waals surface area contributed by atoms with Crippen molar-refractivity contribution < 1.29 is 28.2 Å². The Kier molecular flexibility index (Phi) is 5.81. The Labute approximate surface area is 188 Å². The molecular formula is C23H25F3N4O3. The number of fused-ring (bicyclic) bond motifs is 1. The van der Waals surface area contributed by atoms with Crippen molar-refractivity contribution in [1.82, 2.24) is 19.7 Å². The van der Waals surface area contributed by atoms with E-state index in [2.05, 4.69) is 10.1 Å². The molecule has 0 unspecified atom stereocenters. The van der Waals surface area contributed by atoms with Crippen molar-refractivity contribution in [2.75, 3.05) is 13.1 Å². The van der Waals surface area contributed by atoms with Crippen LogP contribution in [-0.4, -0.2) is 48.9 Å². The fourth-order valence-electron chi connectivity index (χ4n) is 4.54. The van der Waals surface area contributed by atoms with Crippen LogP contribution in [-0.2, 0) is 17.5 Å². The molecule has 3 heterocycles. The van der Waals surface area contributed by atoms with Gasteiger partial charge in [-0.3, -0.25) is 9.48 Å². The Morgan fingerprint density at radius 2 is 2.00 bits per heavy atom. The van der Waals surface area contributed by atoms with E-state index in [1.807, 2.05) is 6.92 Å². The van der Waals surface area contributed by atoms with Crippen molar-refractivity contribution in [2.45, 2.75) is 46.0 Å². The predicted octanol–water partition coefficient (Wildman–Crippen LogP) is 4.05. The smallest absolute Gasteiger partial charge is 0.416 e. The van der Waals surface area contributed by atoms with E-state index in [0.717, 1.165) is 6.07 Å². The average Bonchev–Trinajstić information content (AvgIpc) is 3.25. The number of likely N-dealkylation sites (tertiary alicyclic amines) is 1. The second-order valence-corrected chi connectivity index (χ2v) is 8.50. The molecule has 1 amide bonds. The highest BCUT2D eigenvalue weighted by atomic mass is 19.4. The van der Waals surface area contributed by atoms with Gasteiger partial charge in [0.15, 0.2) is 5.65 Å². The molecule has 3 aromatic rings. The van der Waals surface area contributed by atoms with Crippen LogP contribution in [0.2, 0.25) is 0 Å². The van der Waals surface area contributed by atoms with Crippen LogP contribution in [0.3, 0.4) is 0 Å². The number of pyridine rings is 1. The van der Waals surface area contributed by atoms with Gasteiger partial charge in [-0.2, -0.15) is 18.3 Å². The largest absolute Gasteiger partial charge is 0.507 e. The van der Waals surface area contributed by atoms with Gasteiger partial charge in [0.1, 0.15) is 5.75 Å². The lowest BCUT2D eigenvalue weighted by atomic mass is 10.00. The summed E-state index contributed by atoms with van der Waals surface area (Å²) in [5, 5.41) is 25.8. The van der Waals surface area contributed by atoms with Crippen LogP contribution >= 0.6 is 0 Å². The first kappa shape index (κ1) is 23.0. The van der Waals surface area contributed by atoms with E-state index in [9.17, 15) is 28.2 Å². The number of benzene rings is 1. The van der Waals surface area contributed by atoms with Crippen molar-refractivity contribution in [3.8, 4) is 17.0 Å². The summed E-state index contributed by atoms with van der Waals surface area (Å²) in [6.07, 6.45) is -5.01. The molecule has 0 aliphatic carbocycles. The molecule has 1 fully saturated rings. The van der Waals surface area contributed by atoms with E-state index < -0.39 is 23.6 Å². The zero-order valence-electron chi connectivity index (χ0n) is 18.5. The fraction of sp³-hybridized carbons (Fsp3) is 0.435. The third kappa shape index (κ3) is 4.27. The van der Waals surface area contributed by atoms with Gasteiger partial charge >= 0.3 is 6.18 Å². The predicted molar refractivity (Wildman–Crippen MR) is 115 cm³/mol. The van der Waals surface area contributed by atoms with Crippen LogP contribution in [0.1, 0.15) is 43.2 Å². The van der Waals surface area contributed by atoms with Crippen molar-refractivity contribution in [3.05, 3.63) is 41.1 Å². The normalized spacial score (nSPS) is 17.8. The van der Waals surface area contributed by atoms with Gasteiger partial charge in [0.2, 0.25) is 5.91 Å². The van der Waals surface area contributed by atoms with E-state index in [1.54, 1.807) is 28.6 Å². The number of rotatable bonds is 5. The number of amides is 1. The molecule has 10 heteroatoms. The van der Waals surface area contributed by atoms with Crippen molar-refractivity contribution in [2.24, 2.45) is 5.92 Å². The van der Waals surface area contributed by atoms with E-state index in [4.69, 9.17) is 0 Å². The second kappa shape index (κ2) is 8.33. The quantitative estimate of drug-likeness (QED) is 0.597. The minimum absolute atomic E-state index is 0.0462. The molecule has 2 aromatic heterocycles. The number of hydrogen-bond donors (Lipinski definition) is 2. The van der Waals surface area contributed by atoms with E-state index in [-0.39, 0.29) is 28.6 Å². The number of halogens is 3. The number of aliphatic hydroxyl groups is 1. The summed E-state index contributed by atoms with van der Waals surface area (Å²) < 4.78 is 40.8. The summed E-state index contributed by atoms with van der Waals surface area (Å²) in [4.78, 5) is 18.4. The number of carbonyl (C=O) groups is 1. The third-order valence-electron chi connectivity index (χ3n) is 6.05. The number of phenolic OH excluding ortho intramolecular Hbond substituents is 1. The first-order valence-corrected chi connectivity index (χ1v) is 10.7. The number of nitrogens with zero attached hydrogens (tertiary/aromatic N) is 4. The fourth-order valence-corrected chi connectivity index (χ4v) is 4.54. The van der Waals surface area contributed by atoms with Gasteiger partial charge < -0.3 is 15.1 Å². The van der Waals surface area contributed by atoms with Crippen LogP contribution in [0.4, 0.5) is 13.2 Å². The highest BCUT2D eigenvalue weighted by Crippen LogP contribution is 2.39. The van der Waals surface area contributed by atoms with Crippen LogP contribution in [0.5, 0.6) is 5.75 Å². The Morgan fingerprint density at radius 1 is 1.27 bits per heavy atom. The second-order valence-electron chi connectivity index (χ2n) is 8.50. The van der Waals surface area contributed by atoms with Crippen LogP contribution in [0.25, 0.3) is 22.3 Å². The first-order valence-electron chi connectivity index (χ1n) is 10.7. The number of aromatic nitrogens is 3. The van der Waals surface area contributed by atoms with Gasteiger partial charge in [-0.05, 0) is 50.6 Å². The summed E-state index contributed by atoms with van der Waals surface area (Å²) in [7, 11) is 0. The first-order chi connectivity index (χ1) is 15.5. The number of aryl methyl sites for hydroxylation is 1. The third-order valence-corrected chi connectivity index (χ3v) is 6.05. The molecular weight excluding hydrogens is 437 g/mol. The molecule has 1 aromatic carbocycles. The van der Waals surface area contributed by atoms with Gasteiger partial charge in [-0.15, -0.1) is 0 Å². The molecule has 2 N–H and O–H groups in total. The molecule has 1 aliphatic heterocycles. The van der Waals surface area contributed by atoms with Crippen LogP contribution in [0.15, 0.2) is 24.3 Å². The number of hydrogen-bond acceptors (Lipinski definition) is 5. The molecule has 2 atom stereocenters. The van der Waals surface area contributed by atoms with Gasteiger partial charge in [0.25, 0.3) is 0 Å². The minimum atomic E-state index is -4.57. The zero-order chi connectivity index (χ0) is 24.1. The number of aliphatic hydroxyl groups excluding tert-OH is 1. The Hall–Kier alpha value is -3.14. The van der Waals surface area contributed by atoms with Gasteiger partial charge in [-0.1, -0.05) is 0 Å². The number of aromatic hydroxyl groups is 1. The standard InChI is InChI=1S/C23H25F3N4O3/c1-4-29-10-14(8-19(29)33)11-30-21(13(3)31)16-5-6-17(27-22(16)28-30)20-12(2)7-15(9-18(20)32)23(24,25)26/h5-7,9,13-14,31-32H,4,8,10-11H2,1-3H3/t13-,14+/m1/s1. The number of alkyl halides is 3. The van der Waals surface area contributed by atoms with E-state index in [0.29, 0.717) is 48.8 Å². The number of phenols is 1. The molecule has 0 saturated carbocycles. The molecule has 4 rings (SSSR count). The van der Waals surface area contributed by atoms with E-state index in [1.165, 1.54) is 6.92 Å². The Balaban J connectivity index is 1.74. The van der Waals surface area contributed by atoms with E-state index >= 15 is 0 Å². The van der Waals surface area contributed by atoms with Gasteiger partial charge in [-0.25, -0.2) is 4.98 Å². The van der Waals surface area contributed by atoms with Crippen LogP contribution < -0.4 is 0 Å². The molecule has 0 spiro atoms. The summed E-state index contributed by atoms with van der Waals surface area (Å²) in [6.45, 7) is 6.70. The van der Waals surface area contributed by atoms with Crippen molar-refractivity contribution >= 4 is 16.9 Å². The lowest BCUT2D eigenvalue weighted by Gasteiger charge is -2.15. The Morgan fingerprint density at radius 3 is 2.58 bits per heavy atom. The molecule has 33 heavy (non-hydrogen) atoms. The molecule has 0 radical (unpaired) electrons. The summed E-state index contributed by atoms with van der Waals surface area (Å²) in [5.74, 6) is -0.384. The monoisotopic (exact) mass is 462 g/mol. The summed E-state index contributed by atoms with van der Waals surface area (Å²) in [5.41, 5.74) is 0.626. The lowest BCUT2D eigenvalue weighted by Crippen LogP contribution is -2.25. The summed E-state index contributed by atoms with van der Waals surface area (Å²) >= 11 is 0. The highest BCUT2D eigenvalue weighted by molar-refractivity contribution is 5.83. The maximum atomic E-state index is 13.1. The SMILES string of the molecule is CCN1C[C@@H](Cn2nc3nc(-c4c(C)cc(C(F)(F)F)cc4O)ccc3c2[C@@H](C)O)CC1=O. The average molecular weight is 462 g/mol. The maximum Gasteiger partial charge on any atom is 0.416 e. The maximum absolute atomic E-state index is 13.1. The highest BCUT2D eigenvalue weighted by Gasteiger charge is 2.33. The summed E-state index contributed by atoms with van der Waals surface area (Å²) in [6, 6.07) is 4.94. The number of carbonyl (C=O) groups excluding carboxylic acids is 1. The molecule has 0 bridgehead atoms. The molecule has 7 nitrogen and oxygen atoms in total. The van der Waals surface area contributed by atoms with Gasteiger partial charge in [0.05, 0.1) is 23.1 Å². The minimum Gasteiger partial charge on any atom is -0.507 e. The Bertz CT molecular complexity index is 1200. The molecule has 1 aliphatic rings. The van der Waals surface area contributed by atoms with Gasteiger partial charge in [0, 0.05) is 42.9 Å². The lowest BCUT2D eigenvalue weighted by molar-refractivity contribution is -0.137. The van der Waals surface area contributed by atoms with Crippen molar-refractivity contribution in [1.29, 1.82) is 0 Å². The topological polar surface area (TPSA) is 91.5 Å². The molecule has 176 valence electrons.